The molecule has 0 aliphatic heterocycles. The van der Waals surface area contributed by atoms with Gasteiger partial charge in [0.1, 0.15) is 6.10 Å². The summed E-state index contributed by atoms with van der Waals surface area (Å²) in [6, 6.07) is 0. The van der Waals surface area contributed by atoms with Crippen LogP contribution in [0.3, 0.4) is 0 Å². The second kappa shape index (κ2) is 27.2. The number of phosphoric acid groups is 1. The quantitative estimate of drug-likeness (QED) is 0.0511. The highest BCUT2D eigenvalue weighted by atomic mass is 31.2. The van der Waals surface area contributed by atoms with E-state index in [1.807, 2.05) is 0 Å². The van der Waals surface area contributed by atoms with Crippen LogP contribution in [0.15, 0.2) is 0 Å². The number of hydrogen-bond donors (Lipinski definition) is 4. The highest BCUT2D eigenvalue weighted by Crippen LogP contribution is 2.40. The smallest absolute Gasteiger partial charge is 0.390 e. The van der Waals surface area contributed by atoms with Gasteiger partial charge in [0.15, 0.2) is 0 Å². The molecule has 3 unspecified atom stereocenters. The number of phosphoric ester groups is 1. The summed E-state index contributed by atoms with van der Waals surface area (Å²) in [7, 11) is -4.73. The Bertz CT molecular complexity index is 526. The molecule has 0 aromatic rings. The van der Waals surface area contributed by atoms with Gasteiger partial charge in [-0.15, -0.1) is 0 Å². The van der Waals surface area contributed by atoms with Gasteiger partial charge < -0.3 is 20.0 Å². The normalized spacial score (nSPS) is 14.6. The molecule has 0 bridgehead atoms. The molecule has 0 fully saturated rings. The Morgan fingerprint density at radius 1 is 0.500 bits per heavy atom. The number of hydrogen-bond acceptors (Lipinski definition) is 4. The summed E-state index contributed by atoms with van der Waals surface area (Å²) < 4.78 is 16.3. The predicted octanol–water partition coefficient (Wildman–Crippen LogP) is 9.37. The van der Waals surface area contributed by atoms with Gasteiger partial charge in [-0.2, -0.15) is 0 Å². The fraction of sp³-hybridized carbons (Fsp3) is 1.00. The fourth-order valence-electron chi connectivity index (χ4n) is 5.26. The third kappa shape index (κ3) is 26.3. The first kappa shape index (κ1) is 38.0. The van der Waals surface area contributed by atoms with Crippen LogP contribution in [-0.4, -0.2) is 38.3 Å². The van der Waals surface area contributed by atoms with Gasteiger partial charge in [-0.25, -0.2) is 4.57 Å². The second-order valence-electron chi connectivity index (χ2n) is 11.5. The van der Waals surface area contributed by atoms with Crippen LogP contribution in [0.2, 0.25) is 0 Å². The minimum Gasteiger partial charge on any atom is -0.390 e. The lowest BCUT2D eigenvalue weighted by Gasteiger charge is -2.27. The first-order chi connectivity index (χ1) is 18.3. The standard InChI is InChI=1S/C31H65O6P/c1-3-5-7-9-11-13-15-17-19-21-23-25-27-29(32)31(33)30(37-38(34,35)36)28-26-24-22-20-18-16-14-12-10-8-6-4-2/h29-33H,3-28H2,1-2H3,(H2,34,35,36). The molecule has 230 valence electrons. The maximum Gasteiger partial charge on any atom is 0.469 e. The van der Waals surface area contributed by atoms with Crippen LogP contribution in [0.25, 0.3) is 0 Å². The molecule has 0 radical (unpaired) electrons. The maximum atomic E-state index is 11.4. The van der Waals surface area contributed by atoms with E-state index in [1.54, 1.807) is 0 Å². The molecule has 0 rings (SSSR count). The molecule has 0 heterocycles. The van der Waals surface area contributed by atoms with E-state index in [0.717, 1.165) is 38.5 Å². The van der Waals surface area contributed by atoms with Crippen molar-refractivity contribution in [3.63, 3.8) is 0 Å². The summed E-state index contributed by atoms with van der Waals surface area (Å²) in [5, 5.41) is 21.0. The van der Waals surface area contributed by atoms with Crippen molar-refractivity contribution in [1.29, 1.82) is 0 Å². The van der Waals surface area contributed by atoms with Gasteiger partial charge in [0.2, 0.25) is 0 Å². The second-order valence-corrected chi connectivity index (χ2v) is 12.7. The third-order valence-electron chi connectivity index (χ3n) is 7.74. The topological polar surface area (TPSA) is 107 Å². The van der Waals surface area contributed by atoms with Crippen molar-refractivity contribution in [2.45, 2.75) is 199 Å². The molecule has 0 saturated heterocycles. The number of rotatable bonds is 30. The van der Waals surface area contributed by atoms with Crippen molar-refractivity contribution in [3.8, 4) is 0 Å². The largest absolute Gasteiger partial charge is 0.469 e. The molecule has 3 atom stereocenters. The summed E-state index contributed by atoms with van der Waals surface area (Å²) in [6.07, 6.45) is 26.6. The van der Waals surface area contributed by atoms with Gasteiger partial charge in [0.25, 0.3) is 0 Å². The van der Waals surface area contributed by atoms with Crippen LogP contribution < -0.4 is 0 Å². The minimum absolute atomic E-state index is 0.346. The lowest BCUT2D eigenvalue weighted by molar-refractivity contribution is -0.0628. The summed E-state index contributed by atoms with van der Waals surface area (Å²) in [5.41, 5.74) is 0. The van der Waals surface area contributed by atoms with Crippen molar-refractivity contribution < 1.29 is 29.1 Å². The highest BCUT2D eigenvalue weighted by Gasteiger charge is 2.32. The van der Waals surface area contributed by atoms with Gasteiger partial charge in [0.05, 0.1) is 12.2 Å². The number of unbranched alkanes of at least 4 members (excludes halogenated alkanes) is 22. The Balaban J connectivity index is 3.96. The zero-order valence-corrected chi connectivity index (χ0v) is 26.1. The zero-order chi connectivity index (χ0) is 28.3. The zero-order valence-electron chi connectivity index (χ0n) is 25.2. The summed E-state index contributed by atoms with van der Waals surface area (Å²) in [4.78, 5) is 18.6. The van der Waals surface area contributed by atoms with Crippen molar-refractivity contribution in [2.75, 3.05) is 0 Å². The molecule has 0 aromatic heterocycles. The van der Waals surface area contributed by atoms with E-state index >= 15 is 0 Å². The Morgan fingerprint density at radius 3 is 1.11 bits per heavy atom. The van der Waals surface area contributed by atoms with Gasteiger partial charge >= 0.3 is 7.82 Å². The molecule has 0 aliphatic rings. The van der Waals surface area contributed by atoms with Gasteiger partial charge in [-0.3, -0.25) is 4.52 Å². The van der Waals surface area contributed by atoms with Crippen molar-refractivity contribution in [1.82, 2.24) is 0 Å². The monoisotopic (exact) mass is 564 g/mol. The Labute approximate surface area is 236 Å². The molecule has 0 saturated carbocycles. The lowest BCUT2D eigenvalue weighted by atomic mass is 9.97. The van der Waals surface area contributed by atoms with E-state index in [4.69, 9.17) is 4.52 Å². The van der Waals surface area contributed by atoms with Crippen LogP contribution in [0, 0.1) is 0 Å². The van der Waals surface area contributed by atoms with E-state index in [1.165, 1.54) is 116 Å². The van der Waals surface area contributed by atoms with Crippen molar-refractivity contribution in [3.05, 3.63) is 0 Å². The molecule has 0 aromatic carbocycles. The van der Waals surface area contributed by atoms with Crippen LogP contribution >= 0.6 is 7.82 Å². The van der Waals surface area contributed by atoms with E-state index in [9.17, 15) is 24.6 Å². The van der Waals surface area contributed by atoms with Gasteiger partial charge in [-0.05, 0) is 12.8 Å². The minimum atomic E-state index is -4.73. The molecule has 0 spiro atoms. The van der Waals surface area contributed by atoms with Gasteiger partial charge in [-0.1, -0.05) is 168 Å². The fourth-order valence-corrected chi connectivity index (χ4v) is 5.84. The van der Waals surface area contributed by atoms with Crippen molar-refractivity contribution in [2.24, 2.45) is 0 Å². The summed E-state index contributed by atoms with van der Waals surface area (Å²) in [6.45, 7) is 4.48. The van der Waals surface area contributed by atoms with Crippen LogP contribution in [0.1, 0.15) is 181 Å². The number of aliphatic hydroxyl groups is 2. The first-order valence-electron chi connectivity index (χ1n) is 16.4. The van der Waals surface area contributed by atoms with E-state index in [-0.39, 0.29) is 0 Å². The van der Waals surface area contributed by atoms with Crippen molar-refractivity contribution >= 4 is 7.82 Å². The average Bonchev–Trinajstić information content (AvgIpc) is 2.88. The predicted molar refractivity (Wildman–Crippen MR) is 160 cm³/mol. The number of aliphatic hydroxyl groups excluding tert-OH is 2. The molecule has 0 amide bonds. The first-order valence-corrected chi connectivity index (χ1v) is 17.9. The summed E-state index contributed by atoms with van der Waals surface area (Å²) >= 11 is 0. The van der Waals surface area contributed by atoms with E-state index < -0.39 is 26.1 Å². The van der Waals surface area contributed by atoms with Crippen LogP contribution in [-0.2, 0) is 9.09 Å². The third-order valence-corrected chi connectivity index (χ3v) is 8.29. The van der Waals surface area contributed by atoms with Gasteiger partial charge in [0, 0.05) is 0 Å². The molecule has 7 heteroatoms. The molecular weight excluding hydrogens is 499 g/mol. The van der Waals surface area contributed by atoms with Crippen LogP contribution in [0.5, 0.6) is 0 Å². The lowest BCUT2D eigenvalue weighted by Crippen LogP contribution is -2.38. The van der Waals surface area contributed by atoms with E-state index in [0.29, 0.717) is 12.8 Å². The molecule has 4 N–H and O–H groups in total. The highest BCUT2D eigenvalue weighted by molar-refractivity contribution is 7.46. The van der Waals surface area contributed by atoms with Crippen LogP contribution in [0.4, 0.5) is 0 Å². The maximum absolute atomic E-state index is 11.4. The molecule has 38 heavy (non-hydrogen) atoms. The molecule has 6 nitrogen and oxygen atoms in total. The SMILES string of the molecule is CCCCCCCCCCCCCCC(O)C(O)C(CCCCCCCCCCCCCC)OP(=O)(O)O. The Hall–Kier alpha value is 0.0300. The Kier molecular flexibility index (Phi) is 27.2. The Morgan fingerprint density at radius 2 is 0.789 bits per heavy atom. The average molecular weight is 565 g/mol. The molecule has 0 aliphatic carbocycles. The summed E-state index contributed by atoms with van der Waals surface area (Å²) in [5.74, 6) is 0. The molecular formula is C31H65O6P. The van der Waals surface area contributed by atoms with E-state index in [2.05, 4.69) is 13.8 Å².